The Balaban J connectivity index is 2.05. The Morgan fingerprint density at radius 1 is 1.00 bits per heavy atom. The Bertz CT molecular complexity index is 847. The molecule has 28 heavy (non-hydrogen) atoms. The molecular formula is C21H25N3O4. The second kappa shape index (κ2) is 10.2. The minimum absolute atomic E-state index is 0.238. The number of hydrogen-bond acceptors (Lipinski definition) is 4. The quantitative estimate of drug-likeness (QED) is 0.546. The summed E-state index contributed by atoms with van der Waals surface area (Å²) >= 11 is 0. The molecule has 0 radical (unpaired) electrons. The highest BCUT2D eigenvalue weighted by atomic mass is 16.3. The van der Waals surface area contributed by atoms with Crippen LogP contribution in [0.25, 0.3) is 0 Å². The first kappa shape index (κ1) is 21.1. The lowest BCUT2D eigenvalue weighted by Crippen LogP contribution is -2.43. The summed E-state index contributed by atoms with van der Waals surface area (Å²) in [7, 11) is 0. The molecule has 3 amide bonds. The molecule has 1 atom stereocenters. The molecule has 4 N–H and O–H groups in total. The van der Waals surface area contributed by atoms with Gasteiger partial charge in [0, 0.05) is 6.54 Å². The summed E-state index contributed by atoms with van der Waals surface area (Å²) in [5, 5.41) is 16.9. The lowest BCUT2D eigenvalue weighted by Gasteiger charge is -2.15. The van der Waals surface area contributed by atoms with Crippen LogP contribution in [0.5, 0.6) is 0 Å². The molecular weight excluding hydrogens is 358 g/mol. The zero-order valence-electron chi connectivity index (χ0n) is 16.0. The number of carbonyl (C=O) groups excluding carboxylic acids is 3. The molecule has 0 spiro atoms. The highest BCUT2D eigenvalue weighted by Gasteiger charge is 2.20. The fourth-order valence-electron chi connectivity index (χ4n) is 2.58. The van der Waals surface area contributed by atoms with Gasteiger partial charge in [-0.3, -0.25) is 14.4 Å². The van der Waals surface area contributed by atoms with E-state index >= 15 is 0 Å². The number of rotatable bonds is 7. The van der Waals surface area contributed by atoms with Gasteiger partial charge in [-0.25, -0.2) is 0 Å². The van der Waals surface area contributed by atoms with Gasteiger partial charge in [0.25, 0.3) is 5.91 Å². The van der Waals surface area contributed by atoms with Crippen molar-refractivity contribution in [1.82, 2.24) is 10.6 Å². The third-order valence-corrected chi connectivity index (χ3v) is 4.38. The molecule has 0 aliphatic carbocycles. The zero-order valence-corrected chi connectivity index (χ0v) is 16.0. The monoisotopic (exact) mass is 383 g/mol. The van der Waals surface area contributed by atoms with E-state index in [9.17, 15) is 14.4 Å². The van der Waals surface area contributed by atoms with E-state index in [1.807, 2.05) is 31.2 Å². The van der Waals surface area contributed by atoms with Crippen molar-refractivity contribution in [2.24, 2.45) is 0 Å². The Labute approximate surface area is 164 Å². The second-order valence-corrected chi connectivity index (χ2v) is 6.37. The maximum absolute atomic E-state index is 12.6. The number of aryl methyl sites for hydroxylation is 1. The van der Waals surface area contributed by atoms with Gasteiger partial charge in [0.1, 0.15) is 0 Å². The number of hydrogen-bond donors (Lipinski definition) is 4. The number of anilines is 1. The standard InChI is InChI=1S/C21H25N3O4/c1-3-16(13-25)23-20(27)21(28)24-18-11-7-6-10-17(18)19(26)22-12-15-9-5-4-8-14(15)2/h4-11,16,25H,3,12-13H2,1-2H3,(H,22,26)(H,23,27)(H,24,28)/t16-/m1/s1. The van der Waals surface area contributed by atoms with Crippen molar-refractivity contribution in [3.05, 3.63) is 65.2 Å². The summed E-state index contributed by atoms with van der Waals surface area (Å²) in [6.45, 7) is 3.84. The van der Waals surface area contributed by atoms with Crippen LogP contribution in [0.1, 0.15) is 34.8 Å². The van der Waals surface area contributed by atoms with Crippen LogP contribution in [0.15, 0.2) is 48.5 Å². The van der Waals surface area contributed by atoms with Crippen molar-refractivity contribution in [2.45, 2.75) is 32.9 Å². The summed E-state index contributed by atoms with van der Waals surface area (Å²) in [5.41, 5.74) is 2.55. The summed E-state index contributed by atoms with van der Waals surface area (Å²) in [4.78, 5) is 36.7. The first-order chi connectivity index (χ1) is 13.5. The van der Waals surface area contributed by atoms with E-state index in [-0.39, 0.29) is 23.8 Å². The fourth-order valence-corrected chi connectivity index (χ4v) is 2.58. The molecule has 0 bridgehead atoms. The van der Waals surface area contributed by atoms with Gasteiger partial charge in [-0.15, -0.1) is 0 Å². The predicted molar refractivity (Wildman–Crippen MR) is 107 cm³/mol. The maximum atomic E-state index is 12.6. The molecule has 0 unspecified atom stereocenters. The number of nitrogens with one attached hydrogen (secondary N) is 3. The summed E-state index contributed by atoms with van der Waals surface area (Å²) < 4.78 is 0. The highest BCUT2D eigenvalue weighted by Crippen LogP contribution is 2.15. The summed E-state index contributed by atoms with van der Waals surface area (Å²) in [6.07, 6.45) is 0.493. The van der Waals surface area contributed by atoms with Gasteiger partial charge in [-0.2, -0.15) is 0 Å². The van der Waals surface area contributed by atoms with Gasteiger partial charge in [0.05, 0.1) is 23.9 Å². The summed E-state index contributed by atoms with van der Waals surface area (Å²) in [5.74, 6) is -2.12. The van der Waals surface area contributed by atoms with Crippen LogP contribution in [0, 0.1) is 6.92 Å². The van der Waals surface area contributed by atoms with E-state index < -0.39 is 17.9 Å². The molecule has 148 valence electrons. The van der Waals surface area contributed by atoms with Crippen LogP contribution in [-0.4, -0.2) is 35.5 Å². The molecule has 2 aromatic carbocycles. The Morgan fingerprint density at radius 3 is 2.36 bits per heavy atom. The van der Waals surface area contributed by atoms with Gasteiger partial charge < -0.3 is 21.1 Å². The van der Waals surface area contributed by atoms with Crippen molar-refractivity contribution in [2.75, 3.05) is 11.9 Å². The molecule has 0 aliphatic heterocycles. The summed E-state index contributed by atoms with van der Waals surface area (Å²) in [6, 6.07) is 13.7. The lowest BCUT2D eigenvalue weighted by atomic mass is 10.1. The second-order valence-electron chi connectivity index (χ2n) is 6.37. The van der Waals surface area contributed by atoms with Gasteiger partial charge in [0.15, 0.2) is 0 Å². The Morgan fingerprint density at radius 2 is 1.68 bits per heavy atom. The first-order valence-electron chi connectivity index (χ1n) is 9.10. The molecule has 7 heteroatoms. The SMILES string of the molecule is CC[C@H](CO)NC(=O)C(=O)Nc1ccccc1C(=O)NCc1ccccc1C. The number of aliphatic hydroxyl groups is 1. The lowest BCUT2D eigenvalue weighted by molar-refractivity contribution is -0.136. The normalized spacial score (nSPS) is 11.4. The van der Waals surface area contributed by atoms with Crippen LogP contribution < -0.4 is 16.0 Å². The minimum Gasteiger partial charge on any atom is -0.394 e. The van der Waals surface area contributed by atoms with Crippen LogP contribution >= 0.6 is 0 Å². The van der Waals surface area contributed by atoms with E-state index in [2.05, 4.69) is 16.0 Å². The molecule has 2 aromatic rings. The molecule has 7 nitrogen and oxygen atoms in total. The molecule has 0 aliphatic rings. The minimum atomic E-state index is -0.897. The third kappa shape index (κ3) is 5.65. The third-order valence-electron chi connectivity index (χ3n) is 4.38. The molecule has 2 rings (SSSR count). The molecule has 0 saturated heterocycles. The Hall–Kier alpha value is -3.19. The number of aliphatic hydroxyl groups excluding tert-OH is 1. The first-order valence-corrected chi connectivity index (χ1v) is 9.10. The topological polar surface area (TPSA) is 108 Å². The van der Waals surface area contributed by atoms with E-state index in [0.29, 0.717) is 13.0 Å². The van der Waals surface area contributed by atoms with Crippen LogP contribution in [0.4, 0.5) is 5.69 Å². The number of carbonyl (C=O) groups is 3. The van der Waals surface area contributed by atoms with E-state index in [0.717, 1.165) is 11.1 Å². The molecule has 0 saturated carbocycles. The van der Waals surface area contributed by atoms with Gasteiger partial charge in [0.2, 0.25) is 0 Å². The zero-order chi connectivity index (χ0) is 20.5. The maximum Gasteiger partial charge on any atom is 0.313 e. The van der Waals surface area contributed by atoms with Crippen molar-refractivity contribution >= 4 is 23.4 Å². The van der Waals surface area contributed by atoms with Crippen molar-refractivity contribution < 1.29 is 19.5 Å². The van der Waals surface area contributed by atoms with E-state index in [1.165, 1.54) is 0 Å². The van der Waals surface area contributed by atoms with Crippen LogP contribution in [0.3, 0.4) is 0 Å². The number of para-hydroxylation sites is 1. The smallest absolute Gasteiger partial charge is 0.313 e. The Kier molecular flexibility index (Phi) is 7.71. The average molecular weight is 383 g/mol. The highest BCUT2D eigenvalue weighted by molar-refractivity contribution is 6.40. The van der Waals surface area contributed by atoms with Gasteiger partial charge in [-0.1, -0.05) is 43.3 Å². The largest absolute Gasteiger partial charge is 0.394 e. The number of benzene rings is 2. The number of amides is 3. The van der Waals surface area contributed by atoms with Crippen LogP contribution in [-0.2, 0) is 16.1 Å². The van der Waals surface area contributed by atoms with Gasteiger partial charge >= 0.3 is 11.8 Å². The van der Waals surface area contributed by atoms with E-state index in [1.54, 1.807) is 31.2 Å². The predicted octanol–water partition coefficient (Wildman–Crippen LogP) is 1.75. The average Bonchev–Trinajstić information content (AvgIpc) is 2.71. The van der Waals surface area contributed by atoms with E-state index in [4.69, 9.17) is 5.11 Å². The van der Waals surface area contributed by atoms with Crippen molar-refractivity contribution in [1.29, 1.82) is 0 Å². The van der Waals surface area contributed by atoms with Crippen molar-refractivity contribution in [3.8, 4) is 0 Å². The van der Waals surface area contributed by atoms with Gasteiger partial charge in [-0.05, 0) is 36.6 Å². The van der Waals surface area contributed by atoms with Crippen molar-refractivity contribution in [3.63, 3.8) is 0 Å². The molecule has 0 heterocycles. The molecule has 0 fully saturated rings. The fraction of sp³-hybridized carbons (Fsp3) is 0.286. The van der Waals surface area contributed by atoms with Crippen LogP contribution in [0.2, 0.25) is 0 Å². The molecule has 0 aromatic heterocycles.